The highest BCUT2D eigenvalue weighted by Crippen LogP contribution is 2.34. The Morgan fingerprint density at radius 2 is 1.94 bits per heavy atom. The number of likely N-dealkylation sites (N-methyl/N-ethyl adjacent to an activating group) is 1. The molecule has 10 nitrogen and oxygen atoms in total. The van der Waals surface area contributed by atoms with Gasteiger partial charge in [0, 0.05) is 50.5 Å². The van der Waals surface area contributed by atoms with Crippen LogP contribution in [-0.2, 0) is 9.53 Å². The molecule has 3 heterocycles. The average molecular weight is 498 g/mol. The van der Waals surface area contributed by atoms with Crippen LogP contribution in [-0.4, -0.2) is 96.3 Å². The van der Waals surface area contributed by atoms with Crippen LogP contribution in [0.2, 0.25) is 0 Å². The molecule has 3 aliphatic heterocycles. The van der Waals surface area contributed by atoms with Crippen molar-refractivity contribution < 1.29 is 14.3 Å². The molecular weight excluding hydrogens is 458 g/mol. The first-order chi connectivity index (χ1) is 17.0. The van der Waals surface area contributed by atoms with E-state index in [2.05, 4.69) is 51.2 Å². The van der Waals surface area contributed by atoms with Gasteiger partial charge >= 0.3 is 6.09 Å². The molecule has 2 saturated heterocycles. The summed E-state index contributed by atoms with van der Waals surface area (Å²) in [6.45, 7) is 16.4. The van der Waals surface area contributed by atoms with Crippen molar-refractivity contribution in [3.63, 3.8) is 0 Å². The Labute approximate surface area is 213 Å². The molecule has 0 bridgehead atoms. The zero-order valence-electron chi connectivity index (χ0n) is 22.1. The number of aliphatic imine (C=N–C) groups is 1. The average Bonchev–Trinajstić information content (AvgIpc) is 3.25. The van der Waals surface area contributed by atoms with Crippen molar-refractivity contribution in [3.05, 3.63) is 36.4 Å². The maximum absolute atomic E-state index is 12.3. The Balaban J connectivity index is 1.59. The third-order valence-electron chi connectivity index (χ3n) is 6.74. The zero-order chi connectivity index (χ0) is 26.1. The van der Waals surface area contributed by atoms with E-state index in [1.165, 1.54) is 6.08 Å². The molecule has 2 amide bonds. The first-order valence-electron chi connectivity index (χ1n) is 12.6. The number of alkyl carbamates (subject to hydrolysis) is 1. The molecule has 0 aliphatic carbocycles. The van der Waals surface area contributed by atoms with E-state index in [4.69, 9.17) is 9.73 Å². The Hall–Kier alpha value is -3.11. The number of carbonyl (C=O) groups excluding carboxylic acids is 2. The standard InChI is InChI=1S/C26H39N7O3/c1-7-22(34)27-18-8-9-20-21(16-18)29-26(5,33-14-12-31(6)13-15-33)30-23(20)32-11-10-19(17-32)28-24(35)36-25(2,3)4/h7-9,16,19,29H,1,10-15,17H2,2-6H3,(H,27,34)(H,28,35)/t19-,26?/m1/s1. The molecule has 0 radical (unpaired) electrons. The van der Waals surface area contributed by atoms with E-state index in [9.17, 15) is 9.59 Å². The molecule has 0 saturated carbocycles. The van der Waals surface area contributed by atoms with Crippen LogP contribution < -0.4 is 16.0 Å². The quantitative estimate of drug-likeness (QED) is 0.550. The van der Waals surface area contributed by atoms with Crippen LogP contribution in [0.3, 0.4) is 0 Å². The van der Waals surface area contributed by atoms with Crippen LogP contribution in [0, 0.1) is 0 Å². The van der Waals surface area contributed by atoms with Crippen molar-refractivity contribution in [2.24, 2.45) is 4.99 Å². The predicted octanol–water partition coefficient (Wildman–Crippen LogP) is 2.50. The minimum absolute atomic E-state index is 0.0260. The van der Waals surface area contributed by atoms with Gasteiger partial charge in [-0.1, -0.05) is 6.58 Å². The number of amides is 2. The number of fused-ring (bicyclic) bond motifs is 1. The molecule has 4 rings (SSSR count). The number of likely N-dealkylation sites (tertiary alicyclic amines) is 1. The lowest BCUT2D eigenvalue weighted by Gasteiger charge is -2.46. The number of amidine groups is 1. The molecule has 196 valence electrons. The Morgan fingerprint density at radius 3 is 2.61 bits per heavy atom. The van der Waals surface area contributed by atoms with Crippen molar-refractivity contribution in [1.29, 1.82) is 0 Å². The van der Waals surface area contributed by atoms with E-state index in [-0.39, 0.29) is 11.9 Å². The molecule has 10 heteroatoms. The van der Waals surface area contributed by atoms with E-state index in [0.717, 1.165) is 56.2 Å². The number of hydrogen-bond acceptors (Lipinski definition) is 8. The maximum atomic E-state index is 12.3. The van der Waals surface area contributed by atoms with E-state index in [1.54, 1.807) is 0 Å². The Kier molecular flexibility index (Phi) is 7.28. The number of ether oxygens (including phenoxy) is 1. The van der Waals surface area contributed by atoms with Gasteiger partial charge in [0.05, 0.1) is 11.7 Å². The number of nitrogens with zero attached hydrogens (tertiary/aromatic N) is 4. The second-order valence-corrected chi connectivity index (χ2v) is 10.9. The van der Waals surface area contributed by atoms with Gasteiger partial charge in [-0.25, -0.2) is 9.79 Å². The van der Waals surface area contributed by atoms with E-state index >= 15 is 0 Å². The zero-order valence-corrected chi connectivity index (χ0v) is 22.1. The molecule has 1 unspecified atom stereocenters. The molecule has 2 fully saturated rings. The van der Waals surface area contributed by atoms with Gasteiger partial charge in [0.1, 0.15) is 11.4 Å². The summed E-state index contributed by atoms with van der Waals surface area (Å²) in [4.78, 5) is 36.4. The largest absolute Gasteiger partial charge is 0.444 e. The third kappa shape index (κ3) is 5.99. The highest BCUT2D eigenvalue weighted by molar-refractivity contribution is 6.07. The van der Waals surface area contributed by atoms with Crippen LogP contribution in [0.25, 0.3) is 0 Å². The highest BCUT2D eigenvalue weighted by atomic mass is 16.6. The number of nitrogens with one attached hydrogen (secondary N) is 3. The lowest BCUT2D eigenvalue weighted by Crippen LogP contribution is -2.60. The lowest BCUT2D eigenvalue weighted by atomic mass is 10.1. The first kappa shape index (κ1) is 26.0. The van der Waals surface area contributed by atoms with Gasteiger partial charge in [-0.3, -0.25) is 9.69 Å². The number of carbonyl (C=O) groups is 2. The second-order valence-electron chi connectivity index (χ2n) is 10.9. The molecule has 2 atom stereocenters. The monoisotopic (exact) mass is 497 g/mol. The summed E-state index contributed by atoms with van der Waals surface area (Å²) in [5.74, 6) is -0.00113. The number of benzene rings is 1. The van der Waals surface area contributed by atoms with Crippen LogP contribution in [0.5, 0.6) is 0 Å². The predicted molar refractivity (Wildman–Crippen MR) is 142 cm³/mol. The first-order valence-corrected chi connectivity index (χ1v) is 12.6. The van der Waals surface area contributed by atoms with Crippen molar-refractivity contribution in [1.82, 2.24) is 20.0 Å². The molecule has 1 aromatic rings. The van der Waals surface area contributed by atoms with Crippen LogP contribution >= 0.6 is 0 Å². The van der Waals surface area contributed by atoms with Crippen LogP contribution in [0.4, 0.5) is 16.2 Å². The van der Waals surface area contributed by atoms with Crippen molar-refractivity contribution in [3.8, 4) is 0 Å². The van der Waals surface area contributed by atoms with Crippen molar-refractivity contribution in [2.45, 2.75) is 51.5 Å². The fourth-order valence-corrected chi connectivity index (χ4v) is 4.84. The molecule has 36 heavy (non-hydrogen) atoms. The van der Waals surface area contributed by atoms with E-state index in [0.29, 0.717) is 12.2 Å². The topological polar surface area (TPSA) is 102 Å². The number of piperazine rings is 1. The summed E-state index contributed by atoms with van der Waals surface area (Å²) >= 11 is 0. The lowest BCUT2D eigenvalue weighted by molar-refractivity contribution is -0.111. The molecule has 0 aromatic heterocycles. The van der Waals surface area contributed by atoms with Gasteiger partial charge in [-0.2, -0.15) is 0 Å². The SMILES string of the molecule is C=CC(=O)Nc1ccc2c(c1)NC(C)(N1CCN(C)CC1)N=C2N1CC[C@@H](NC(=O)OC(C)(C)C)C1. The number of hydrogen-bond donors (Lipinski definition) is 3. The van der Waals surface area contributed by atoms with Gasteiger partial charge < -0.3 is 30.5 Å². The molecule has 0 spiro atoms. The summed E-state index contributed by atoms with van der Waals surface area (Å²) in [7, 11) is 2.13. The van der Waals surface area contributed by atoms with E-state index in [1.807, 2.05) is 39.0 Å². The summed E-state index contributed by atoms with van der Waals surface area (Å²) in [6.07, 6.45) is 1.67. The second kappa shape index (κ2) is 10.1. The smallest absolute Gasteiger partial charge is 0.407 e. The summed E-state index contributed by atoms with van der Waals surface area (Å²) < 4.78 is 5.45. The molecule has 1 aromatic carbocycles. The number of rotatable bonds is 4. The van der Waals surface area contributed by atoms with Gasteiger partial charge in [0.15, 0.2) is 5.79 Å². The Bertz CT molecular complexity index is 1040. The van der Waals surface area contributed by atoms with Gasteiger partial charge in [0.2, 0.25) is 5.91 Å². The van der Waals surface area contributed by atoms with Crippen LogP contribution in [0.15, 0.2) is 35.8 Å². The summed E-state index contributed by atoms with van der Waals surface area (Å²) in [6, 6.07) is 5.79. The minimum Gasteiger partial charge on any atom is -0.444 e. The summed E-state index contributed by atoms with van der Waals surface area (Å²) in [5.41, 5.74) is 2.03. The maximum Gasteiger partial charge on any atom is 0.407 e. The number of anilines is 2. The fraction of sp³-hybridized carbons (Fsp3) is 0.577. The third-order valence-corrected chi connectivity index (χ3v) is 6.74. The molecule has 3 aliphatic rings. The summed E-state index contributed by atoms with van der Waals surface area (Å²) in [5, 5.41) is 9.50. The molecular formula is C26H39N7O3. The minimum atomic E-state index is -0.638. The normalized spacial score (nSPS) is 24.9. The van der Waals surface area contributed by atoms with Gasteiger partial charge in [-0.05, 0) is 65.4 Å². The fourth-order valence-electron chi connectivity index (χ4n) is 4.84. The molecule has 3 N–H and O–H groups in total. The van der Waals surface area contributed by atoms with Crippen molar-refractivity contribution >= 4 is 29.2 Å². The highest BCUT2D eigenvalue weighted by Gasteiger charge is 2.40. The van der Waals surface area contributed by atoms with Crippen molar-refractivity contribution in [2.75, 3.05) is 56.9 Å². The Morgan fingerprint density at radius 1 is 1.22 bits per heavy atom. The van der Waals surface area contributed by atoms with Crippen LogP contribution in [0.1, 0.15) is 39.7 Å². The van der Waals surface area contributed by atoms with Gasteiger partial charge in [-0.15, -0.1) is 0 Å². The van der Waals surface area contributed by atoms with Gasteiger partial charge in [0.25, 0.3) is 0 Å². The van der Waals surface area contributed by atoms with E-state index < -0.39 is 17.5 Å².